The second-order valence-corrected chi connectivity index (χ2v) is 5.20. The van der Waals surface area contributed by atoms with Crippen molar-refractivity contribution >= 4 is 33.2 Å². The molecule has 0 unspecified atom stereocenters. The van der Waals surface area contributed by atoms with Gasteiger partial charge >= 0.3 is 0 Å². The molecule has 94 valence electrons. The lowest BCUT2D eigenvalue weighted by Gasteiger charge is -2.10. The summed E-state index contributed by atoms with van der Waals surface area (Å²) in [5.41, 5.74) is 2.55. The smallest absolute Gasteiger partial charge is 0.129 e. The van der Waals surface area contributed by atoms with E-state index in [9.17, 15) is 5.11 Å². The Morgan fingerprint density at radius 1 is 1.33 bits per heavy atom. The molecule has 1 aromatic carbocycles. The minimum Gasteiger partial charge on any atom is -0.508 e. The molecule has 1 aromatic heterocycles. The van der Waals surface area contributed by atoms with Gasteiger partial charge in [0, 0.05) is 16.6 Å². The van der Waals surface area contributed by atoms with Gasteiger partial charge in [-0.1, -0.05) is 27.5 Å². The summed E-state index contributed by atoms with van der Waals surface area (Å²) in [6.45, 7) is 2.41. The van der Waals surface area contributed by atoms with Crippen LogP contribution < -0.4 is 5.32 Å². The summed E-state index contributed by atoms with van der Waals surface area (Å²) in [4.78, 5) is 4.16. The van der Waals surface area contributed by atoms with E-state index in [1.54, 1.807) is 18.2 Å². The molecule has 2 aromatic rings. The Balaban J connectivity index is 2.13. The molecule has 0 aliphatic rings. The van der Waals surface area contributed by atoms with Crippen molar-refractivity contribution in [1.82, 2.24) is 4.98 Å². The highest BCUT2D eigenvalue weighted by Crippen LogP contribution is 2.23. The fourth-order valence-corrected chi connectivity index (χ4v) is 2.20. The second kappa shape index (κ2) is 5.59. The van der Waals surface area contributed by atoms with Crippen molar-refractivity contribution in [3.8, 4) is 5.75 Å². The molecule has 0 saturated carbocycles. The van der Waals surface area contributed by atoms with E-state index in [1.165, 1.54) is 0 Å². The predicted molar refractivity (Wildman–Crippen MR) is 77.1 cm³/mol. The van der Waals surface area contributed by atoms with Gasteiger partial charge in [0.1, 0.15) is 10.9 Å². The van der Waals surface area contributed by atoms with E-state index in [0.717, 1.165) is 21.4 Å². The second-order valence-electron chi connectivity index (χ2n) is 3.89. The average Bonchev–Trinajstić information content (AvgIpc) is 2.32. The Hall–Kier alpha value is -1.26. The van der Waals surface area contributed by atoms with Gasteiger partial charge in [0.2, 0.25) is 0 Å². The number of nitrogens with zero attached hydrogens (tertiary/aromatic N) is 1. The molecule has 2 N–H and O–H groups in total. The lowest BCUT2D eigenvalue weighted by molar-refractivity contribution is 0.469. The quantitative estimate of drug-likeness (QED) is 0.833. The van der Waals surface area contributed by atoms with Crippen molar-refractivity contribution < 1.29 is 5.11 Å². The topological polar surface area (TPSA) is 45.2 Å². The number of hydrogen-bond acceptors (Lipinski definition) is 3. The summed E-state index contributed by atoms with van der Waals surface area (Å²) in [5, 5.41) is 13.4. The molecule has 18 heavy (non-hydrogen) atoms. The highest BCUT2D eigenvalue weighted by Gasteiger charge is 2.04. The number of pyridine rings is 1. The first-order valence-electron chi connectivity index (χ1n) is 5.40. The molecule has 0 radical (unpaired) electrons. The van der Waals surface area contributed by atoms with Gasteiger partial charge < -0.3 is 10.4 Å². The zero-order valence-electron chi connectivity index (χ0n) is 9.74. The first kappa shape index (κ1) is 13.2. The lowest BCUT2D eigenvalue weighted by Crippen LogP contribution is -2.02. The van der Waals surface area contributed by atoms with Crippen LogP contribution in [0.3, 0.4) is 0 Å². The number of phenols is 1. The molecular formula is C13H12BrClN2O. The van der Waals surface area contributed by atoms with E-state index in [2.05, 4.69) is 26.2 Å². The fraction of sp³-hybridized carbons (Fsp3) is 0.154. The molecule has 0 aliphatic heterocycles. The van der Waals surface area contributed by atoms with Crippen molar-refractivity contribution in [3.05, 3.63) is 51.2 Å². The highest BCUT2D eigenvalue weighted by molar-refractivity contribution is 9.10. The van der Waals surface area contributed by atoms with Crippen LogP contribution in [0.4, 0.5) is 5.69 Å². The standard InChI is InChI=1S/C13H12BrClN2O/c1-8-11(3-5-13(15)17-8)16-7-9-6-10(14)2-4-12(9)18/h2-6,16,18H,7H2,1H3. The number of phenolic OH excluding ortho intramolecular Hbond substituents is 1. The van der Waals surface area contributed by atoms with Crippen molar-refractivity contribution in [2.45, 2.75) is 13.5 Å². The maximum atomic E-state index is 9.73. The molecular weight excluding hydrogens is 316 g/mol. The number of aromatic hydroxyl groups is 1. The largest absolute Gasteiger partial charge is 0.508 e. The van der Waals surface area contributed by atoms with E-state index < -0.39 is 0 Å². The van der Waals surface area contributed by atoms with Crippen LogP contribution in [0.25, 0.3) is 0 Å². The molecule has 0 fully saturated rings. The molecule has 0 amide bonds. The number of benzene rings is 1. The first-order chi connectivity index (χ1) is 8.56. The zero-order valence-corrected chi connectivity index (χ0v) is 12.1. The van der Waals surface area contributed by atoms with Crippen LogP contribution in [-0.2, 0) is 6.54 Å². The van der Waals surface area contributed by atoms with Crippen LogP contribution in [0.5, 0.6) is 5.75 Å². The Morgan fingerprint density at radius 3 is 2.83 bits per heavy atom. The predicted octanol–water partition coefficient (Wildman–Crippen LogP) is 4.12. The molecule has 0 bridgehead atoms. The van der Waals surface area contributed by atoms with Crippen LogP contribution in [0.15, 0.2) is 34.8 Å². The Morgan fingerprint density at radius 2 is 2.11 bits per heavy atom. The summed E-state index contributed by atoms with van der Waals surface area (Å²) in [7, 11) is 0. The van der Waals surface area contributed by atoms with Gasteiger partial charge in [0.25, 0.3) is 0 Å². The maximum absolute atomic E-state index is 9.73. The van der Waals surface area contributed by atoms with Gasteiger partial charge in [-0.25, -0.2) is 4.98 Å². The van der Waals surface area contributed by atoms with Crippen molar-refractivity contribution in [2.75, 3.05) is 5.32 Å². The monoisotopic (exact) mass is 326 g/mol. The van der Waals surface area contributed by atoms with Gasteiger partial charge in [0.15, 0.2) is 0 Å². The number of anilines is 1. The van der Waals surface area contributed by atoms with E-state index in [-0.39, 0.29) is 5.75 Å². The maximum Gasteiger partial charge on any atom is 0.129 e. The van der Waals surface area contributed by atoms with Crippen molar-refractivity contribution in [3.63, 3.8) is 0 Å². The number of hydrogen-bond donors (Lipinski definition) is 2. The van der Waals surface area contributed by atoms with Crippen molar-refractivity contribution in [2.24, 2.45) is 0 Å². The fourth-order valence-electron chi connectivity index (χ4n) is 1.60. The number of rotatable bonds is 3. The van der Waals surface area contributed by atoms with Crippen molar-refractivity contribution in [1.29, 1.82) is 0 Å². The molecule has 0 spiro atoms. The third-order valence-electron chi connectivity index (χ3n) is 2.56. The summed E-state index contributed by atoms with van der Waals surface area (Å²) < 4.78 is 0.933. The van der Waals surface area contributed by atoms with Gasteiger partial charge in [-0.05, 0) is 37.3 Å². The number of aromatic nitrogens is 1. The van der Waals surface area contributed by atoms with Gasteiger partial charge in [-0.3, -0.25) is 0 Å². The van der Waals surface area contributed by atoms with Crippen LogP contribution in [0.2, 0.25) is 5.15 Å². The van der Waals surface area contributed by atoms with E-state index in [1.807, 2.05) is 19.1 Å². The highest BCUT2D eigenvalue weighted by atomic mass is 79.9. The third kappa shape index (κ3) is 3.15. The van der Waals surface area contributed by atoms with Gasteiger partial charge in [0.05, 0.1) is 11.4 Å². The number of nitrogens with one attached hydrogen (secondary N) is 1. The van der Waals surface area contributed by atoms with Gasteiger partial charge in [-0.2, -0.15) is 0 Å². The van der Waals surface area contributed by atoms with E-state index >= 15 is 0 Å². The Kier molecular flexibility index (Phi) is 4.09. The molecule has 0 atom stereocenters. The first-order valence-corrected chi connectivity index (χ1v) is 6.58. The summed E-state index contributed by atoms with van der Waals surface area (Å²) in [6.07, 6.45) is 0. The summed E-state index contributed by atoms with van der Waals surface area (Å²) >= 11 is 9.17. The third-order valence-corrected chi connectivity index (χ3v) is 3.27. The van der Waals surface area contributed by atoms with Crippen LogP contribution in [0.1, 0.15) is 11.3 Å². The SMILES string of the molecule is Cc1nc(Cl)ccc1NCc1cc(Br)ccc1O. The summed E-state index contributed by atoms with van der Waals surface area (Å²) in [5.74, 6) is 0.269. The zero-order chi connectivity index (χ0) is 13.1. The minimum atomic E-state index is 0.269. The Bertz CT molecular complexity index is 575. The summed E-state index contributed by atoms with van der Waals surface area (Å²) in [6, 6.07) is 8.94. The minimum absolute atomic E-state index is 0.269. The normalized spacial score (nSPS) is 10.4. The van der Waals surface area contributed by atoms with Gasteiger partial charge in [-0.15, -0.1) is 0 Å². The van der Waals surface area contributed by atoms with E-state index in [0.29, 0.717) is 11.7 Å². The van der Waals surface area contributed by atoms with E-state index in [4.69, 9.17) is 11.6 Å². The number of halogens is 2. The molecule has 0 saturated heterocycles. The molecule has 5 heteroatoms. The Labute approximate surface area is 119 Å². The van der Waals surface area contributed by atoms with Crippen LogP contribution in [0, 0.1) is 6.92 Å². The molecule has 3 nitrogen and oxygen atoms in total. The molecule has 0 aliphatic carbocycles. The average molecular weight is 328 g/mol. The lowest BCUT2D eigenvalue weighted by atomic mass is 10.2. The van der Waals surface area contributed by atoms with Crippen LogP contribution in [-0.4, -0.2) is 10.1 Å². The van der Waals surface area contributed by atoms with Crippen LogP contribution >= 0.6 is 27.5 Å². The number of aryl methyl sites for hydroxylation is 1. The molecule has 1 heterocycles. The molecule has 2 rings (SSSR count).